The maximum absolute atomic E-state index is 11.5. The molecule has 0 aliphatic heterocycles. The van der Waals surface area contributed by atoms with Crippen LogP contribution in [0.3, 0.4) is 0 Å². The first-order valence-corrected chi connectivity index (χ1v) is 7.15. The Bertz CT molecular complexity index is 649. The van der Waals surface area contributed by atoms with Crippen molar-refractivity contribution in [2.45, 2.75) is 27.3 Å². The van der Waals surface area contributed by atoms with Crippen molar-refractivity contribution in [3.05, 3.63) is 59.2 Å². The summed E-state index contributed by atoms with van der Waals surface area (Å²) in [6.07, 6.45) is 0. The molecule has 3 heteroatoms. The number of ketones is 1. The Morgan fingerprint density at radius 2 is 1.95 bits per heavy atom. The number of benzene rings is 2. The highest BCUT2D eigenvalue weighted by atomic mass is 16.3. The van der Waals surface area contributed by atoms with Crippen molar-refractivity contribution in [1.29, 1.82) is 0 Å². The highest BCUT2D eigenvalue weighted by Gasteiger charge is 2.11. The fourth-order valence-electron chi connectivity index (χ4n) is 2.35. The first-order chi connectivity index (χ1) is 10.0. The van der Waals surface area contributed by atoms with E-state index < -0.39 is 0 Å². The molecule has 21 heavy (non-hydrogen) atoms. The summed E-state index contributed by atoms with van der Waals surface area (Å²) in [7, 11) is 0. The van der Waals surface area contributed by atoms with E-state index >= 15 is 0 Å². The molecule has 2 aromatic carbocycles. The van der Waals surface area contributed by atoms with E-state index in [4.69, 9.17) is 0 Å². The second-order valence-corrected chi connectivity index (χ2v) is 5.25. The summed E-state index contributed by atoms with van der Waals surface area (Å²) in [5.74, 6) is 0.237. The van der Waals surface area contributed by atoms with Crippen molar-refractivity contribution < 1.29 is 9.90 Å². The van der Waals surface area contributed by atoms with Crippen LogP contribution in [0, 0.1) is 6.92 Å². The summed E-state index contributed by atoms with van der Waals surface area (Å²) in [5.41, 5.74) is 3.71. The number of carbonyl (C=O) groups is 1. The second-order valence-electron chi connectivity index (χ2n) is 5.25. The molecule has 0 saturated carbocycles. The van der Waals surface area contributed by atoms with Crippen LogP contribution in [0.2, 0.25) is 0 Å². The normalized spacial score (nSPS) is 10.4. The van der Waals surface area contributed by atoms with Gasteiger partial charge in [0.05, 0.1) is 0 Å². The van der Waals surface area contributed by atoms with Gasteiger partial charge < -0.3 is 10.0 Å². The molecule has 0 bridgehead atoms. The molecule has 0 saturated heterocycles. The minimum absolute atomic E-state index is 0.00912. The van der Waals surface area contributed by atoms with Crippen LogP contribution in [-0.4, -0.2) is 17.4 Å². The fraction of sp³-hybridized carbons (Fsp3) is 0.278. The Hall–Kier alpha value is -2.29. The van der Waals surface area contributed by atoms with E-state index in [9.17, 15) is 9.90 Å². The van der Waals surface area contributed by atoms with Crippen LogP contribution in [0.15, 0.2) is 42.5 Å². The number of phenolic OH excluding ortho intramolecular Hbond substituents is 1. The lowest BCUT2D eigenvalue weighted by Crippen LogP contribution is -2.22. The van der Waals surface area contributed by atoms with Crippen molar-refractivity contribution in [2.75, 3.05) is 11.4 Å². The van der Waals surface area contributed by atoms with Gasteiger partial charge in [-0.1, -0.05) is 12.1 Å². The van der Waals surface area contributed by atoms with E-state index in [-0.39, 0.29) is 11.5 Å². The van der Waals surface area contributed by atoms with E-state index in [1.165, 1.54) is 12.5 Å². The lowest BCUT2D eigenvalue weighted by molar-refractivity contribution is 0.101. The summed E-state index contributed by atoms with van der Waals surface area (Å²) in [6, 6.07) is 13.3. The molecule has 0 heterocycles. The Kier molecular flexibility index (Phi) is 4.63. The predicted octanol–water partition coefficient (Wildman–Crippen LogP) is 3.93. The van der Waals surface area contributed by atoms with Gasteiger partial charge in [-0.05, 0) is 56.7 Å². The van der Waals surface area contributed by atoms with Gasteiger partial charge >= 0.3 is 0 Å². The molecule has 0 amide bonds. The first kappa shape index (κ1) is 15.1. The number of anilines is 1. The maximum Gasteiger partial charge on any atom is 0.159 e. The average Bonchev–Trinajstić information content (AvgIpc) is 2.46. The van der Waals surface area contributed by atoms with Gasteiger partial charge in [0.2, 0.25) is 0 Å². The van der Waals surface area contributed by atoms with Crippen LogP contribution >= 0.6 is 0 Å². The zero-order valence-electron chi connectivity index (χ0n) is 12.8. The van der Waals surface area contributed by atoms with Gasteiger partial charge in [-0.25, -0.2) is 0 Å². The van der Waals surface area contributed by atoms with Crippen LogP contribution in [0.4, 0.5) is 5.69 Å². The molecule has 0 spiro atoms. The van der Waals surface area contributed by atoms with E-state index in [0.717, 1.165) is 17.8 Å². The van der Waals surface area contributed by atoms with Gasteiger partial charge in [-0.3, -0.25) is 4.79 Å². The van der Waals surface area contributed by atoms with Gasteiger partial charge in [0, 0.05) is 29.9 Å². The lowest BCUT2D eigenvalue weighted by atomic mass is 10.1. The van der Waals surface area contributed by atoms with Crippen molar-refractivity contribution in [3.8, 4) is 5.75 Å². The number of rotatable bonds is 5. The molecule has 0 aliphatic rings. The minimum atomic E-state index is 0.00912. The molecule has 2 aromatic rings. The number of aryl methyl sites for hydroxylation is 1. The van der Waals surface area contributed by atoms with Gasteiger partial charge in [0.15, 0.2) is 5.78 Å². The van der Waals surface area contributed by atoms with Crippen LogP contribution in [0.25, 0.3) is 0 Å². The van der Waals surface area contributed by atoms with Gasteiger partial charge in [-0.15, -0.1) is 0 Å². The van der Waals surface area contributed by atoms with Crippen molar-refractivity contribution in [2.24, 2.45) is 0 Å². The summed E-state index contributed by atoms with van der Waals surface area (Å²) in [5, 5.41) is 10.0. The highest BCUT2D eigenvalue weighted by Crippen LogP contribution is 2.24. The molecule has 3 nitrogen and oxygen atoms in total. The molecule has 0 radical (unpaired) electrons. The van der Waals surface area contributed by atoms with Gasteiger partial charge in [0.25, 0.3) is 0 Å². The molecule has 110 valence electrons. The molecule has 1 N–H and O–H groups in total. The number of Topliss-reactive ketones (excluding diaryl/α,β-unsaturated/α-hetero) is 1. The largest absolute Gasteiger partial charge is 0.508 e. The Morgan fingerprint density at radius 1 is 1.19 bits per heavy atom. The van der Waals surface area contributed by atoms with Crippen molar-refractivity contribution >= 4 is 11.5 Å². The second kappa shape index (κ2) is 6.44. The Morgan fingerprint density at radius 3 is 2.57 bits per heavy atom. The van der Waals surface area contributed by atoms with E-state index in [0.29, 0.717) is 12.1 Å². The molecule has 2 rings (SSSR count). The molecule has 0 aliphatic carbocycles. The monoisotopic (exact) mass is 283 g/mol. The van der Waals surface area contributed by atoms with Crippen LogP contribution in [-0.2, 0) is 6.54 Å². The van der Waals surface area contributed by atoms with E-state index in [2.05, 4.69) is 36.9 Å². The predicted molar refractivity (Wildman–Crippen MR) is 86.0 cm³/mol. The molecule has 0 atom stereocenters. The summed E-state index contributed by atoms with van der Waals surface area (Å²) in [4.78, 5) is 13.7. The van der Waals surface area contributed by atoms with Gasteiger partial charge in [0.1, 0.15) is 5.75 Å². The van der Waals surface area contributed by atoms with Gasteiger partial charge in [-0.2, -0.15) is 0 Å². The number of phenols is 1. The highest BCUT2D eigenvalue weighted by molar-refractivity contribution is 5.94. The Labute approximate surface area is 125 Å². The number of carbonyl (C=O) groups excluding carboxylic acids is 1. The molecule has 0 unspecified atom stereocenters. The third-order valence-corrected chi connectivity index (χ3v) is 3.60. The molecule has 0 fully saturated rings. The summed E-state index contributed by atoms with van der Waals surface area (Å²) >= 11 is 0. The summed E-state index contributed by atoms with van der Waals surface area (Å²) in [6.45, 7) is 7.08. The van der Waals surface area contributed by atoms with Crippen LogP contribution in [0.1, 0.15) is 35.3 Å². The van der Waals surface area contributed by atoms with Crippen molar-refractivity contribution in [3.63, 3.8) is 0 Å². The minimum Gasteiger partial charge on any atom is -0.508 e. The third kappa shape index (κ3) is 3.63. The lowest BCUT2D eigenvalue weighted by Gasteiger charge is -2.24. The molecular weight excluding hydrogens is 262 g/mol. The topological polar surface area (TPSA) is 40.5 Å². The number of aromatic hydroxyl groups is 1. The zero-order valence-corrected chi connectivity index (χ0v) is 12.8. The quantitative estimate of drug-likeness (QED) is 0.845. The number of hydrogen-bond acceptors (Lipinski definition) is 3. The standard InChI is InChI=1S/C18H21NO2/c1-4-19(17-7-5-6-13(2)10-17)12-16-11-15(14(3)20)8-9-18(16)21/h5-11,21H,4,12H2,1-3H3. The SMILES string of the molecule is CCN(Cc1cc(C(C)=O)ccc1O)c1cccc(C)c1. The van der Waals surface area contributed by atoms with Crippen molar-refractivity contribution in [1.82, 2.24) is 0 Å². The molecular formula is C18H21NO2. The van der Waals surface area contributed by atoms with E-state index in [1.807, 2.05) is 6.07 Å². The fourth-order valence-corrected chi connectivity index (χ4v) is 2.35. The number of nitrogens with zero attached hydrogens (tertiary/aromatic N) is 1. The first-order valence-electron chi connectivity index (χ1n) is 7.15. The third-order valence-electron chi connectivity index (χ3n) is 3.60. The van der Waals surface area contributed by atoms with Crippen LogP contribution < -0.4 is 4.90 Å². The number of hydrogen-bond donors (Lipinski definition) is 1. The van der Waals surface area contributed by atoms with E-state index in [1.54, 1.807) is 18.2 Å². The smallest absolute Gasteiger partial charge is 0.159 e. The summed E-state index contributed by atoms with van der Waals surface area (Å²) < 4.78 is 0. The Balaban J connectivity index is 2.30. The maximum atomic E-state index is 11.5. The van der Waals surface area contributed by atoms with Crippen LogP contribution in [0.5, 0.6) is 5.75 Å². The zero-order chi connectivity index (χ0) is 15.4. The average molecular weight is 283 g/mol. The molecule has 0 aromatic heterocycles.